The highest BCUT2D eigenvalue weighted by atomic mass is 28.2. The molecule has 1 aromatic rings. The Morgan fingerprint density at radius 3 is 2.08 bits per heavy atom. The Kier molecular flexibility index (Phi) is 2.57. The van der Waals surface area contributed by atoms with Crippen LogP contribution in [-0.4, -0.2) is 25.8 Å². The lowest BCUT2D eigenvalue weighted by molar-refractivity contribution is 0.331. The van der Waals surface area contributed by atoms with Crippen molar-refractivity contribution >= 4 is 10.5 Å². The number of benzene rings is 1. The van der Waals surface area contributed by atoms with Crippen LogP contribution in [0.1, 0.15) is 5.56 Å². The van der Waals surface area contributed by atoms with Gasteiger partial charge < -0.3 is 19.7 Å². The normalized spacial score (nSPS) is 10.3. The summed E-state index contributed by atoms with van der Waals surface area (Å²) in [6.07, 6.45) is 0. The Balaban J connectivity index is 3.04. The van der Waals surface area contributed by atoms with Gasteiger partial charge in [-0.15, -0.1) is 0 Å². The van der Waals surface area contributed by atoms with Gasteiger partial charge in [-0.2, -0.15) is 0 Å². The SMILES string of the molecule is Oc1cc(CO[SiH3])cc(O)c1O. The van der Waals surface area contributed by atoms with Crippen LogP contribution in [-0.2, 0) is 11.0 Å². The van der Waals surface area contributed by atoms with Crippen LogP contribution in [0.15, 0.2) is 12.1 Å². The maximum absolute atomic E-state index is 9.05. The summed E-state index contributed by atoms with van der Waals surface area (Å²) < 4.78 is 4.91. The lowest BCUT2D eigenvalue weighted by atomic mass is 10.2. The van der Waals surface area contributed by atoms with Crippen molar-refractivity contribution in [3.63, 3.8) is 0 Å². The molecule has 0 saturated heterocycles. The van der Waals surface area contributed by atoms with Gasteiger partial charge in [-0.1, -0.05) is 0 Å². The van der Waals surface area contributed by atoms with Gasteiger partial charge in [0.25, 0.3) is 0 Å². The van der Waals surface area contributed by atoms with Crippen molar-refractivity contribution in [3.8, 4) is 17.2 Å². The summed E-state index contributed by atoms with van der Waals surface area (Å²) in [5.41, 5.74) is 0.637. The predicted molar refractivity (Wildman–Crippen MR) is 46.2 cm³/mol. The molecule has 0 aromatic heterocycles. The minimum atomic E-state index is -0.493. The van der Waals surface area contributed by atoms with E-state index in [2.05, 4.69) is 0 Å². The van der Waals surface area contributed by atoms with Gasteiger partial charge in [-0.25, -0.2) is 0 Å². The Labute approximate surface area is 72.6 Å². The summed E-state index contributed by atoms with van der Waals surface area (Å²) in [5, 5.41) is 27.1. The highest BCUT2D eigenvalue weighted by Gasteiger charge is 2.06. The second-order valence-electron chi connectivity index (χ2n) is 2.42. The molecule has 4 nitrogen and oxygen atoms in total. The third-order valence-electron chi connectivity index (χ3n) is 1.44. The number of phenolic OH excluding ortho intramolecular Hbond substituents is 3. The first kappa shape index (κ1) is 8.89. The highest BCUT2D eigenvalue weighted by Crippen LogP contribution is 2.35. The van der Waals surface area contributed by atoms with E-state index in [0.717, 1.165) is 0 Å². The summed E-state index contributed by atoms with van der Waals surface area (Å²) in [5.74, 6) is -1.15. The molecule has 1 aromatic carbocycles. The zero-order valence-electron chi connectivity index (χ0n) is 6.61. The lowest BCUT2D eigenvalue weighted by Crippen LogP contribution is -1.87. The van der Waals surface area contributed by atoms with Crippen LogP contribution in [0.25, 0.3) is 0 Å². The topological polar surface area (TPSA) is 69.9 Å². The van der Waals surface area contributed by atoms with Crippen molar-refractivity contribution < 1.29 is 19.7 Å². The fourth-order valence-electron chi connectivity index (χ4n) is 0.911. The summed E-state index contributed by atoms with van der Waals surface area (Å²) >= 11 is 0. The molecule has 0 radical (unpaired) electrons. The number of hydrogen-bond donors (Lipinski definition) is 3. The van der Waals surface area contributed by atoms with Crippen LogP contribution in [0, 0.1) is 0 Å². The van der Waals surface area contributed by atoms with E-state index in [1.165, 1.54) is 12.1 Å². The molecule has 66 valence electrons. The molecule has 0 spiro atoms. The van der Waals surface area contributed by atoms with Crippen LogP contribution in [0.5, 0.6) is 17.2 Å². The fraction of sp³-hybridized carbons (Fsp3) is 0.143. The molecular formula is C7H10O4Si. The molecule has 0 heterocycles. The molecule has 0 aliphatic carbocycles. The van der Waals surface area contributed by atoms with Gasteiger partial charge >= 0.3 is 0 Å². The minimum Gasteiger partial charge on any atom is -0.504 e. The average Bonchev–Trinajstić information content (AvgIpc) is 2.01. The quantitative estimate of drug-likeness (QED) is 0.434. The Hall–Kier alpha value is -1.20. The first-order valence-electron chi connectivity index (χ1n) is 3.38. The third kappa shape index (κ3) is 1.69. The Bertz CT molecular complexity index is 264. The van der Waals surface area contributed by atoms with E-state index < -0.39 is 5.75 Å². The molecule has 0 unspecified atom stereocenters. The molecule has 0 fully saturated rings. The van der Waals surface area contributed by atoms with Gasteiger partial charge in [0.1, 0.15) is 10.5 Å². The summed E-state index contributed by atoms with van der Waals surface area (Å²) in [7, 11) is 0.592. The predicted octanol–water partition coefficient (Wildman–Crippen LogP) is -0.400. The maximum Gasteiger partial charge on any atom is 0.200 e. The van der Waals surface area contributed by atoms with Crippen LogP contribution >= 0.6 is 0 Å². The van der Waals surface area contributed by atoms with Gasteiger partial charge in [0.2, 0.25) is 0 Å². The van der Waals surface area contributed by atoms with Crippen LogP contribution < -0.4 is 0 Å². The molecular weight excluding hydrogens is 176 g/mol. The van der Waals surface area contributed by atoms with Gasteiger partial charge in [0.15, 0.2) is 17.2 Å². The number of aromatic hydroxyl groups is 3. The van der Waals surface area contributed by atoms with Crippen molar-refractivity contribution in [2.45, 2.75) is 6.61 Å². The van der Waals surface area contributed by atoms with E-state index >= 15 is 0 Å². The second-order valence-corrected chi connectivity index (χ2v) is 2.99. The molecule has 0 aliphatic heterocycles. The maximum atomic E-state index is 9.05. The van der Waals surface area contributed by atoms with Gasteiger partial charge in [-0.3, -0.25) is 0 Å². The van der Waals surface area contributed by atoms with Gasteiger partial charge in [-0.05, 0) is 17.7 Å². The Morgan fingerprint density at radius 1 is 1.17 bits per heavy atom. The zero-order chi connectivity index (χ0) is 9.14. The fourth-order valence-corrected chi connectivity index (χ4v) is 1.24. The van der Waals surface area contributed by atoms with Crippen LogP contribution in [0.2, 0.25) is 0 Å². The van der Waals surface area contributed by atoms with Crippen molar-refractivity contribution in [3.05, 3.63) is 17.7 Å². The van der Waals surface area contributed by atoms with Gasteiger partial charge in [0, 0.05) is 0 Å². The summed E-state index contributed by atoms with van der Waals surface area (Å²) in [6.45, 7) is 0.341. The average molecular weight is 186 g/mol. The van der Waals surface area contributed by atoms with Crippen LogP contribution in [0.4, 0.5) is 0 Å². The molecule has 0 aliphatic rings. The standard InChI is InChI=1S/C7H10O4Si/c8-5-1-4(3-11-12)2-6(9)7(5)10/h1-2,8-10H,3H2,12H3. The molecule has 1 rings (SSSR count). The number of hydrogen-bond acceptors (Lipinski definition) is 4. The van der Waals surface area contributed by atoms with E-state index in [0.29, 0.717) is 22.7 Å². The highest BCUT2D eigenvalue weighted by molar-refractivity contribution is 5.97. The van der Waals surface area contributed by atoms with Crippen molar-refractivity contribution in [1.29, 1.82) is 0 Å². The molecule has 0 saturated carbocycles. The van der Waals surface area contributed by atoms with E-state index in [4.69, 9.17) is 19.7 Å². The molecule has 0 bridgehead atoms. The molecule has 0 atom stereocenters. The number of phenols is 3. The zero-order valence-corrected chi connectivity index (χ0v) is 8.61. The summed E-state index contributed by atoms with van der Waals surface area (Å²) in [6, 6.07) is 2.71. The van der Waals surface area contributed by atoms with E-state index in [-0.39, 0.29) is 11.5 Å². The number of rotatable bonds is 2. The smallest absolute Gasteiger partial charge is 0.200 e. The monoisotopic (exact) mass is 186 g/mol. The summed E-state index contributed by atoms with van der Waals surface area (Å²) in [4.78, 5) is 0. The van der Waals surface area contributed by atoms with E-state index in [1.54, 1.807) is 0 Å². The van der Waals surface area contributed by atoms with Crippen molar-refractivity contribution in [2.24, 2.45) is 0 Å². The van der Waals surface area contributed by atoms with E-state index in [9.17, 15) is 0 Å². The van der Waals surface area contributed by atoms with Gasteiger partial charge in [0.05, 0.1) is 6.61 Å². The van der Waals surface area contributed by atoms with Crippen LogP contribution in [0.3, 0.4) is 0 Å². The largest absolute Gasteiger partial charge is 0.504 e. The van der Waals surface area contributed by atoms with Crippen molar-refractivity contribution in [2.75, 3.05) is 0 Å². The molecule has 3 N–H and O–H groups in total. The first-order valence-corrected chi connectivity index (χ1v) is 4.19. The molecule has 0 amide bonds. The molecule has 12 heavy (non-hydrogen) atoms. The molecule has 5 heteroatoms. The first-order chi connectivity index (χ1) is 5.65. The minimum absolute atomic E-state index is 0.330. The van der Waals surface area contributed by atoms with Crippen molar-refractivity contribution in [1.82, 2.24) is 0 Å². The second kappa shape index (κ2) is 3.46. The lowest BCUT2D eigenvalue weighted by Gasteiger charge is -2.04. The third-order valence-corrected chi connectivity index (χ3v) is 1.73. The van der Waals surface area contributed by atoms with E-state index in [1.807, 2.05) is 0 Å². The Morgan fingerprint density at radius 2 is 1.67 bits per heavy atom.